The summed E-state index contributed by atoms with van der Waals surface area (Å²) in [5, 5.41) is 2.72. The lowest BCUT2D eigenvalue weighted by Crippen LogP contribution is -2.58. The van der Waals surface area contributed by atoms with Crippen molar-refractivity contribution in [3.8, 4) is 10.4 Å². The summed E-state index contributed by atoms with van der Waals surface area (Å²) in [6, 6.07) is 4.80. The largest absolute Gasteiger partial charge is 0.459 e. The first-order valence-electron chi connectivity index (χ1n) is 41.0. The van der Waals surface area contributed by atoms with E-state index < -0.39 is 43.6 Å². The molecule has 680 valence electrons. The summed E-state index contributed by atoms with van der Waals surface area (Å²) in [6.07, 6.45) is -0.760. The van der Waals surface area contributed by atoms with Gasteiger partial charge in [-0.05, 0) is 74.0 Å². The third-order valence-corrected chi connectivity index (χ3v) is 23.0. The van der Waals surface area contributed by atoms with E-state index in [1.807, 2.05) is 45.9 Å². The van der Waals surface area contributed by atoms with Crippen LogP contribution in [0.1, 0.15) is 85.6 Å². The van der Waals surface area contributed by atoms with Crippen LogP contribution in [0.4, 0.5) is 4.79 Å². The van der Waals surface area contributed by atoms with Gasteiger partial charge in [0.05, 0.1) is 313 Å². The number of aryl methyl sites for hydroxylation is 1. The van der Waals surface area contributed by atoms with Gasteiger partial charge in [-0.3, -0.25) is 9.59 Å². The molecule has 0 saturated carbocycles. The molecular formula is C81H146N4O30SSi. The molecule has 0 bridgehead atoms. The Morgan fingerprint density at radius 3 is 1.10 bits per heavy atom. The lowest BCUT2D eigenvalue weighted by molar-refractivity contribution is -0.151. The Balaban J connectivity index is 1.06. The summed E-state index contributed by atoms with van der Waals surface area (Å²) in [7, 11) is -0.705. The van der Waals surface area contributed by atoms with Gasteiger partial charge in [-0.1, -0.05) is 53.7 Å². The molecule has 1 fully saturated rings. The van der Waals surface area contributed by atoms with Crippen LogP contribution < -0.4 is 5.32 Å². The van der Waals surface area contributed by atoms with Crippen LogP contribution in [0.25, 0.3) is 10.4 Å². The Labute approximate surface area is 701 Å². The van der Waals surface area contributed by atoms with Crippen LogP contribution >= 0.6 is 11.3 Å². The van der Waals surface area contributed by atoms with Gasteiger partial charge in [0.2, 0.25) is 12.3 Å². The Morgan fingerprint density at radius 1 is 0.496 bits per heavy atom. The summed E-state index contributed by atoms with van der Waals surface area (Å²) < 4.78 is 145. The molecule has 1 aliphatic rings. The van der Waals surface area contributed by atoms with Gasteiger partial charge < -0.3 is 138 Å². The monoisotopic (exact) mass is 1710 g/mol. The first-order chi connectivity index (χ1) is 56.5. The standard InChI is InChI=1S/C81H146N4O30SSi/c1-68-75(116-66-82-68)69-14-15-70(62-84(67-86)73-61-72(115-117(12,13)81(8,9)10)63-85(73)77(88)76(79(2,3)4)83-78(89)114-80(5,6)7)71(60-69)64-113-74(87)65-112-59-58-111-57-56-110-55-54-109-53-52-108-51-50-107-49-48-106-47-46-105-45-44-104-43-42-103-41-40-102-39-38-101-37-36-100-35-34-99-33-32-98-31-30-97-29-28-96-27-26-95-25-24-94-23-22-93-21-20-92-19-18-91-17-16-90-11/h14-15,60,66-67,72-73,76H,16-59,61-65H2,1-13H3,(H,83,89)/t72-,73+,76-/m1/s1. The van der Waals surface area contributed by atoms with Crippen molar-refractivity contribution >= 4 is 44.0 Å². The summed E-state index contributed by atoms with van der Waals surface area (Å²) in [5.41, 5.74) is 3.33. The molecule has 3 atom stereocenters. The fourth-order valence-electron chi connectivity index (χ4n) is 10.4. The van der Waals surface area contributed by atoms with Gasteiger partial charge in [0.15, 0.2) is 8.32 Å². The summed E-state index contributed by atoms with van der Waals surface area (Å²) in [6.45, 7) is 43.5. The van der Waals surface area contributed by atoms with E-state index in [9.17, 15) is 19.2 Å². The third kappa shape index (κ3) is 55.5. The van der Waals surface area contributed by atoms with Crippen molar-refractivity contribution in [2.75, 3.05) is 311 Å². The van der Waals surface area contributed by atoms with Crippen molar-refractivity contribution in [1.29, 1.82) is 0 Å². The fourth-order valence-corrected chi connectivity index (χ4v) is 12.6. The number of ether oxygens (including phenoxy) is 25. The first-order valence-corrected chi connectivity index (χ1v) is 44.8. The number of nitrogens with zero attached hydrogens (tertiary/aromatic N) is 3. The number of carbonyl (C=O) groups excluding carboxylic acids is 4. The first kappa shape index (κ1) is 107. The van der Waals surface area contributed by atoms with Crippen LogP contribution in [0.5, 0.6) is 0 Å². The number of likely N-dealkylation sites (tertiary alicyclic amines) is 1. The highest BCUT2D eigenvalue weighted by Gasteiger charge is 2.48. The van der Waals surface area contributed by atoms with Crippen LogP contribution in [-0.2, 0) is 150 Å². The SMILES string of the molecule is COCCOCCOCCOCCOCCOCCOCCOCCOCCOCCOCCOCCOCCOCCOCCOCCOCCOCCOCCOCCOCCOCCOCC(=O)OCc1cc(-c2scnc2C)ccc1CN(C=O)[C@@H]1C[C@@H](O[Si](C)(C)C(C)(C)C)CN1C(=O)[C@@H](NC(=O)OC(C)(C)C)C(C)(C)C. The van der Waals surface area contributed by atoms with Gasteiger partial charge in [0.25, 0.3) is 0 Å². The second kappa shape index (κ2) is 68.2. The minimum atomic E-state index is -2.35. The maximum atomic E-state index is 14.9. The zero-order chi connectivity index (χ0) is 85.2. The van der Waals surface area contributed by atoms with Gasteiger partial charge in [-0.15, -0.1) is 11.3 Å². The highest BCUT2D eigenvalue weighted by atomic mass is 32.1. The molecule has 1 aliphatic heterocycles. The third-order valence-electron chi connectivity index (χ3n) is 17.5. The molecule has 117 heavy (non-hydrogen) atoms. The molecule has 2 heterocycles. The van der Waals surface area contributed by atoms with Crippen LogP contribution in [-0.4, -0.2) is 382 Å². The van der Waals surface area contributed by atoms with Gasteiger partial charge in [0, 0.05) is 26.6 Å². The molecule has 1 saturated heterocycles. The second-order valence-corrected chi connectivity index (χ2v) is 35.9. The van der Waals surface area contributed by atoms with Crippen LogP contribution in [0.2, 0.25) is 18.1 Å². The molecule has 0 aliphatic carbocycles. The van der Waals surface area contributed by atoms with E-state index in [1.54, 1.807) is 43.2 Å². The van der Waals surface area contributed by atoms with Crippen LogP contribution in [0.15, 0.2) is 23.7 Å². The predicted molar refractivity (Wildman–Crippen MR) is 438 cm³/mol. The molecule has 0 spiro atoms. The zero-order valence-corrected chi connectivity index (χ0v) is 74.6. The Hall–Kier alpha value is -4.21. The molecular weight excluding hydrogens is 1570 g/mol. The van der Waals surface area contributed by atoms with Gasteiger partial charge in [-0.25, -0.2) is 14.6 Å². The number of alkyl carbamates (subject to hydrolysis) is 1. The number of methoxy groups -OCH3 is 1. The zero-order valence-electron chi connectivity index (χ0n) is 72.8. The number of aromatic nitrogens is 1. The van der Waals surface area contributed by atoms with E-state index in [4.69, 9.17) is 123 Å². The Morgan fingerprint density at radius 2 is 0.821 bits per heavy atom. The average molecular weight is 1720 g/mol. The number of hydrogen-bond donors (Lipinski definition) is 1. The van der Waals surface area contributed by atoms with E-state index in [1.165, 1.54) is 11.3 Å². The molecule has 1 aromatic heterocycles. The predicted octanol–water partition coefficient (Wildman–Crippen LogP) is 7.02. The number of benzene rings is 1. The number of carbonyl (C=O) groups is 4. The van der Waals surface area contributed by atoms with Crippen LogP contribution in [0.3, 0.4) is 0 Å². The molecule has 34 nitrogen and oxygen atoms in total. The van der Waals surface area contributed by atoms with Gasteiger partial charge >= 0.3 is 12.1 Å². The number of nitrogens with one attached hydrogen (secondary N) is 1. The van der Waals surface area contributed by atoms with Crippen molar-refractivity contribution in [3.05, 3.63) is 40.5 Å². The van der Waals surface area contributed by atoms with E-state index >= 15 is 0 Å². The summed E-state index contributed by atoms with van der Waals surface area (Å²) >= 11 is 1.49. The van der Waals surface area contributed by atoms with Crippen molar-refractivity contribution in [1.82, 2.24) is 20.1 Å². The van der Waals surface area contributed by atoms with E-state index in [2.05, 4.69) is 44.2 Å². The van der Waals surface area contributed by atoms with E-state index in [0.29, 0.717) is 295 Å². The smallest absolute Gasteiger partial charge is 0.408 e. The quantitative estimate of drug-likeness (QED) is 0.0301. The molecule has 1 aromatic carbocycles. The minimum absolute atomic E-state index is 0.0738. The van der Waals surface area contributed by atoms with Crippen LogP contribution in [0, 0.1) is 12.3 Å². The number of esters is 1. The highest BCUT2D eigenvalue weighted by molar-refractivity contribution is 7.13. The Bertz CT molecular complexity index is 2750. The van der Waals surface area contributed by atoms with Crippen molar-refractivity contribution < 1.29 is 142 Å². The molecule has 3 amide bonds. The normalized spacial score (nSPS) is 14.4. The summed E-state index contributed by atoms with van der Waals surface area (Å²) in [4.78, 5) is 63.2. The van der Waals surface area contributed by atoms with Crippen molar-refractivity contribution in [2.24, 2.45) is 5.41 Å². The van der Waals surface area contributed by atoms with Gasteiger partial charge in [0.1, 0.15) is 31.0 Å². The number of thiazole rings is 1. The fraction of sp³-hybridized carbons (Fsp3) is 0.840. The Kier molecular flexibility index (Phi) is 62.4. The topological polar surface area (TPSA) is 340 Å². The molecule has 3 rings (SSSR count). The number of amides is 3. The van der Waals surface area contributed by atoms with E-state index in [0.717, 1.165) is 22.5 Å². The number of hydrogen-bond acceptors (Lipinski definition) is 32. The molecule has 2 aromatic rings. The lowest BCUT2D eigenvalue weighted by atomic mass is 9.86. The van der Waals surface area contributed by atoms with Crippen molar-refractivity contribution in [2.45, 2.75) is 131 Å². The van der Waals surface area contributed by atoms with Gasteiger partial charge in [-0.2, -0.15) is 0 Å². The average Bonchev–Trinajstić information content (AvgIpc) is 1.66. The molecule has 1 N–H and O–H groups in total. The highest BCUT2D eigenvalue weighted by Crippen LogP contribution is 2.40. The summed E-state index contributed by atoms with van der Waals surface area (Å²) in [5.74, 6) is -0.947. The maximum Gasteiger partial charge on any atom is 0.408 e. The van der Waals surface area contributed by atoms with Crippen molar-refractivity contribution in [3.63, 3.8) is 0 Å². The minimum Gasteiger partial charge on any atom is -0.459 e. The molecule has 0 radical (unpaired) electrons. The second-order valence-electron chi connectivity index (χ2n) is 30.2. The molecule has 0 unspecified atom stereocenters. The number of rotatable bonds is 79. The van der Waals surface area contributed by atoms with E-state index in [-0.39, 0.29) is 56.6 Å². The molecule has 36 heteroatoms. The maximum absolute atomic E-state index is 14.9. The lowest BCUT2D eigenvalue weighted by Gasteiger charge is -2.39.